The van der Waals surface area contributed by atoms with E-state index in [0.717, 1.165) is 11.4 Å². The molecule has 9 heteroatoms. The Bertz CT molecular complexity index is 1010. The molecule has 2 aromatic heterocycles. The van der Waals surface area contributed by atoms with Crippen molar-refractivity contribution in [2.75, 3.05) is 18.1 Å². The maximum atomic E-state index is 14.7. The van der Waals surface area contributed by atoms with Crippen molar-refractivity contribution in [2.45, 2.75) is 12.5 Å². The number of halogens is 1. The van der Waals surface area contributed by atoms with E-state index in [2.05, 4.69) is 15.2 Å². The second kappa shape index (κ2) is 7.35. The summed E-state index contributed by atoms with van der Waals surface area (Å²) in [6.45, 7) is -0.0812. The van der Waals surface area contributed by atoms with E-state index in [1.165, 1.54) is 15.8 Å². The van der Waals surface area contributed by atoms with Crippen LogP contribution < -0.4 is 4.90 Å². The molecule has 144 valence electrons. The van der Waals surface area contributed by atoms with Crippen LogP contribution in [0.5, 0.6) is 0 Å². The number of cyclic esters (lactones) is 1. The van der Waals surface area contributed by atoms with Crippen molar-refractivity contribution >= 4 is 11.8 Å². The summed E-state index contributed by atoms with van der Waals surface area (Å²) < 4.78 is 19.7. The van der Waals surface area contributed by atoms with Crippen molar-refractivity contribution < 1.29 is 19.0 Å². The Balaban J connectivity index is 1.52. The molecule has 1 saturated heterocycles. The predicted octanol–water partition coefficient (Wildman–Crippen LogP) is 1.92. The zero-order valence-electron chi connectivity index (χ0n) is 15.1. The maximum absolute atomic E-state index is 14.7. The Morgan fingerprint density at radius 3 is 2.71 bits per heavy atom. The summed E-state index contributed by atoms with van der Waals surface area (Å²) in [4.78, 5) is 19.0. The van der Waals surface area contributed by atoms with Gasteiger partial charge in [0, 0.05) is 36.5 Å². The van der Waals surface area contributed by atoms with Crippen LogP contribution in [0.4, 0.5) is 14.9 Å². The van der Waals surface area contributed by atoms with E-state index in [4.69, 9.17) is 9.84 Å². The third-order valence-corrected chi connectivity index (χ3v) is 4.49. The first-order valence-electron chi connectivity index (χ1n) is 8.72. The standard InChI is InChI=1S/C19H18FN5O3/c1-24-22-9-14(23-24)6-13-3-2-12(8-21-13)17-5-4-15(7-18(17)20)25-10-16(11-26)28-19(25)27/h2-5,7-9,16,26H,6,10-11H2,1H3/t16-/m1/s1. The number of hydrogen-bond acceptors (Lipinski definition) is 6. The summed E-state index contributed by atoms with van der Waals surface area (Å²) in [7, 11) is 1.75. The van der Waals surface area contributed by atoms with E-state index in [0.29, 0.717) is 23.2 Å². The molecule has 1 aromatic carbocycles. The van der Waals surface area contributed by atoms with Gasteiger partial charge in [0.1, 0.15) is 11.9 Å². The highest BCUT2D eigenvalue weighted by Gasteiger charge is 2.32. The van der Waals surface area contributed by atoms with Crippen molar-refractivity contribution in [1.82, 2.24) is 20.0 Å². The zero-order valence-corrected chi connectivity index (χ0v) is 15.1. The number of ether oxygens (including phenoxy) is 1. The molecule has 1 fully saturated rings. The number of amides is 1. The number of benzene rings is 1. The lowest BCUT2D eigenvalue weighted by atomic mass is 10.1. The molecule has 0 bridgehead atoms. The largest absolute Gasteiger partial charge is 0.441 e. The van der Waals surface area contributed by atoms with E-state index in [9.17, 15) is 9.18 Å². The summed E-state index contributed by atoms with van der Waals surface area (Å²) in [5.41, 5.74) is 3.00. The van der Waals surface area contributed by atoms with E-state index in [-0.39, 0.29) is 13.2 Å². The first kappa shape index (κ1) is 18.1. The summed E-state index contributed by atoms with van der Waals surface area (Å²) >= 11 is 0. The van der Waals surface area contributed by atoms with Gasteiger partial charge in [-0.25, -0.2) is 9.18 Å². The molecule has 0 unspecified atom stereocenters. The third-order valence-electron chi connectivity index (χ3n) is 4.49. The lowest BCUT2D eigenvalue weighted by molar-refractivity contribution is 0.0963. The number of pyridine rings is 1. The normalized spacial score (nSPS) is 16.5. The van der Waals surface area contributed by atoms with Gasteiger partial charge in [-0.1, -0.05) is 6.07 Å². The average molecular weight is 383 g/mol. The van der Waals surface area contributed by atoms with Crippen LogP contribution in [0.15, 0.2) is 42.7 Å². The summed E-state index contributed by atoms with van der Waals surface area (Å²) in [6, 6.07) is 8.14. The molecule has 8 nitrogen and oxygen atoms in total. The van der Waals surface area contributed by atoms with Gasteiger partial charge in [0.15, 0.2) is 0 Å². The van der Waals surface area contributed by atoms with Crippen LogP contribution in [0, 0.1) is 5.82 Å². The van der Waals surface area contributed by atoms with Gasteiger partial charge in [-0.05, 0) is 24.3 Å². The van der Waals surface area contributed by atoms with Crippen LogP contribution in [0.3, 0.4) is 0 Å². The van der Waals surface area contributed by atoms with Crippen molar-refractivity contribution in [1.29, 1.82) is 0 Å². The van der Waals surface area contributed by atoms with Crippen LogP contribution in [0.2, 0.25) is 0 Å². The average Bonchev–Trinajstić information content (AvgIpc) is 3.27. The quantitative estimate of drug-likeness (QED) is 0.724. The predicted molar refractivity (Wildman–Crippen MR) is 98.1 cm³/mol. The van der Waals surface area contributed by atoms with Crippen molar-refractivity contribution in [3.63, 3.8) is 0 Å². The molecule has 0 radical (unpaired) electrons. The van der Waals surface area contributed by atoms with E-state index in [1.54, 1.807) is 37.6 Å². The first-order valence-corrected chi connectivity index (χ1v) is 8.72. The maximum Gasteiger partial charge on any atom is 0.414 e. The first-order chi connectivity index (χ1) is 13.5. The fourth-order valence-electron chi connectivity index (χ4n) is 3.08. The van der Waals surface area contributed by atoms with Crippen molar-refractivity contribution in [2.24, 2.45) is 7.05 Å². The molecule has 0 aliphatic carbocycles. The number of aliphatic hydroxyl groups is 1. The van der Waals surface area contributed by atoms with Crippen LogP contribution >= 0.6 is 0 Å². The Morgan fingerprint density at radius 1 is 1.25 bits per heavy atom. The molecule has 1 N–H and O–H groups in total. The van der Waals surface area contributed by atoms with Crippen molar-refractivity contribution in [3.8, 4) is 11.1 Å². The smallest absolute Gasteiger partial charge is 0.414 e. The second-order valence-electron chi connectivity index (χ2n) is 6.50. The second-order valence-corrected chi connectivity index (χ2v) is 6.50. The molecule has 1 atom stereocenters. The highest BCUT2D eigenvalue weighted by Crippen LogP contribution is 2.29. The Hall–Kier alpha value is -3.33. The molecule has 3 aromatic rings. The van der Waals surface area contributed by atoms with Crippen LogP contribution in [-0.4, -0.2) is 50.4 Å². The number of anilines is 1. The fraction of sp³-hybridized carbons (Fsp3) is 0.263. The number of aliphatic hydroxyl groups excluding tert-OH is 1. The van der Waals surface area contributed by atoms with Crippen molar-refractivity contribution in [3.05, 3.63) is 59.9 Å². The number of nitrogens with zero attached hydrogens (tertiary/aromatic N) is 5. The van der Waals surface area contributed by atoms with Crippen LogP contribution in [0.1, 0.15) is 11.4 Å². The number of aryl methyl sites for hydroxylation is 1. The number of hydrogen-bond donors (Lipinski definition) is 1. The lowest BCUT2D eigenvalue weighted by Crippen LogP contribution is -2.25. The van der Waals surface area contributed by atoms with Gasteiger partial charge < -0.3 is 9.84 Å². The highest BCUT2D eigenvalue weighted by molar-refractivity contribution is 5.90. The lowest BCUT2D eigenvalue weighted by Gasteiger charge is -2.14. The summed E-state index contributed by atoms with van der Waals surface area (Å²) in [5.74, 6) is -0.471. The fourth-order valence-corrected chi connectivity index (χ4v) is 3.08. The highest BCUT2D eigenvalue weighted by atomic mass is 19.1. The Labute approximate surface area is 160 Å². The molecule has 28 heavy (non-hydrogen) atoms. The SMILES string of the molecule is Cn1ncc(Cc2ccc(-c3ccc(N4C[C@H](CO)OC4=O)cc3F)cn2)n1. The minimum atomic E-state index is -0.596. The van der Waals surface area contributed by atoms with Crippen LogP contribution in [0.25, 0.3) is 11.1 Å². The van der Waals surface area contributed by atoms with Gasteiger partial charge in [-0.2, -0.15) is 15.0 Å². The van der Waals surface area contributed by atoms with E-state index in [1.807, 2.05) is 6.07 Å². The number of carbonyl (C=O) groups is 1. The monoisotopic (exact) mass is 383 g/mol. The van der Waals surface area contributed by atoms with Crippen LogP contribution in [-0.2, 0) is 18.2 Å². The molecular weight excluding hydrogens is 365 g/mol. The van der Waals surface area contributed by atoms with E-state index >= 15 is 0 Å². The van der Waals surface area contributed by atoms with Gasteiger partial charge >= 0.3 is 6.09 Å². The van der Waals surface area contributed by atoms with Gasteiger partial charge in [0.05, 0.1) is 30.7 Å². The molecule has 4 rings (SSSR count). The molecule has 1 amide bonds. The zero-order chi connectivity index (χ0) is 19.7. The molecule has 1 aliphatic rings. The summed E-state index contributed by atoms with van der Waals surface area (Å²) in [6.07, 6.45) is 2.63. The molecule has 0 spiro atoms. The van der Waals surface area contributed by atoms with Gasteiger partial charge in [0.2, 0.25) is 0 Å². The third kappa shape index (κ3) is 3.56. The van der Waals surface area contributed by atoms with E-state index < -0.39 is 18.0 Å². The Morgan fingerprint density at radius 2 is 2.11 bits per heavy atom. The topological polar surface area (TPSA) is 93.4 Å². The molecule has 0 saturated carbocycles. The summed E-state index contributed by atoms with van der Waals surface area (Å²) in [5, 5.41) is 17.4. The molecule has 1 aliphatic heterocycles. The Kier molecular flexibility index (Phi) is 4.74. The van der Waals surface area contributed by atoms with Gasteiger partial charge in [0.25, 0.3) is 0 Å². The van der Waals surface area contributed by atoms with Gasteiger partial charge in [-0.3, -0.25) is 9.88 Å². The molecule has 3 heterocycles. The number of aromatic nitrogens is 4. The number of rotatable bonds is 5. The minimum Gasteiger partial charge on any atom is -0.441 e. The number of carbonyl (C=O) groups excluding carboxylic acids is 1. The van der Waals surface area contributed by atoms with Gasteiger partial charge in [-0.15, -0.1) is 0 Å². The minimum absolute atomic E-state index is 0.187. The molecular formula is C19H18FN5O3.